The van der Waals surface area contributed by atoms with Gasteiger partial charge in [-0.3, -0.25) is 4.79 Å². The third kappa shape index (κ3) is 4.33. The molecule has 2 saturated heterocycles. The fourth-order valence-corrected chi connectivity index (χ4v) is 3.46. The number of piperidine rings is 1. The molecule has 1 N–H and O–H groups in total. The minimum absolute atomic E-state index is 0.146. The fraction of sp³-hybridized carbons (Fsp3) is 0.867. The predicted molar refractivity (Wildman–Crippen MR) is 80.2 cm³/mol. The zero-order valence-corrected chi connectivity index (χ0v) is 13.1. The minimum Gasteiger partial charge on any atom is -0.481 e. The van der Waals surface area contributed by atoms with E-state index in [0.717, 1.165) is 38.8 Å². The number of carbonyl (C=O) groups excluding carboxylic acids is 1. The molecule has 21 heavy (non-hydrogen) atoms. The Morgan fingerprint density at radius 1 is 1.14 bits per heavy atom. The van der Waals surface area contributed by atoms with Crippen LogP contribution < -0.4 is 0 Å². The average molecular weight is 297 g/mol. The van der Waals surface area contributed by atoms with Gasteiger partial charge < -0.3 is 19.8 Å². The van der Waals surface area contributed by atoms with Crippen LogP contribution in [0.25, 0.3) is 0 Å². The van der Waals surface area contributed by atoms with Crippen molar-refractivity contribution in [1.82, 2.24) is 14.7 Å². The van der Waals surface area contributed by atoms with Crippen molar-refractivity contribution >= 4 is 12.0 Å². The molecule has 1 atom stereocenters. The molecule has 120 valence electrons. The van der Waals surface area contributed by atoms with Gasteiger partial charge in [-0.25, -0.2) is 4.79 Å². The number of hydrogen-bond donors (Lipinski definition) is 1. The van der Waals surface area contributed by atoms with Gasteiger partial charge in [0.1, 0.15) is 0 Å². The number of carbonyl (C=O) groups is 2. The monoisotopic (exact) mass is 297 g/mol. The Balaban J connectivity index is 1.85. The second-order valence-electron chi connectivity index (χ2n) is 6.56. The third-order valence-corrected chi connectivity index (χ3v) is 4.55. The highest BCUT2D eigenvalue weighted by molar-refractivity contribution is 5.75. The SMILES string of the molecule is CN(C)CC1CCCN1C(=O)N1CCC(CC(=O)O)CC1. The van der Waals surface area contributed by atoms with E-state index in [1.807, 2.05) is 23.9 Å². The number of nitrogens with zero attached hydrogens (tertiary/aromatic N) is 3. The van der Waals surface area contributed by atoms with Gasteiger partial charge in [0.15, 0.2) is 0 Å². The number of carboxylic acid groups (broad SMARTS) is 1. The molecule has 0 aromatic carbocycles. The average Bonchev–Trinajstić information content (AvgIpc) is 2.85. The van der Waals surface area contributed by atoms with E-state index in [9.17, 15) is 9.59 Å². The van der Waals surface area contributed by atoms with E-state index in [2.05, 4.69) is 4.90 Å². The van der Waals surface area contributed by atoms with Gasteiger partial charge in [-0.15, -0.1) is 0 Å². The highest BCUT2D eigenvalue weighted by Gasteiger charge is 2.33. The molecule has 0 aromatic rings. The Morgan fingerprint density at radius 3 is 2.38 bits per heavy atom. The standard InChI is InChI=1S/C15H27N3O3/c1-16(2)11-13-4-3-7-18(13)15(21)17-8-5-12(6-9-17)10-14(19)20/h12-13H,3-11H2,1-2H3,(H,19,20). The van der Waals surface area contributed by atoms with E-state index in [1.165, 1.54) is 0 Å². The topological polar surface area (TPSA) is 64.1 Å². The van der Waals surface area contributed by atoms with Gasteiger partial charge in [0.25, 0.3) is 0 Å². The minimum atomic E-state index is -0.731. The lowest BCUT2D eigenvalue weighted by atomic mass is 9.94. The van der Waals surface area contributed by atoms with Crippen LogP contribution >= 0.6 is 0 Å². The van der Waals surface area contributed by atoms with Crippen molar-refractivity contribution in [3.05, 3.63) is 0 Å². The van der Waals surface area contributed by atoms with E-state index in [0.29, 0.717) is 19.1 Å². The summed E-state index contributed by atoms with van der Waals surface area (Å²) >= 11 is 0. The highest BCUT2D eigenvalue weighted by Crippen LogP contribution is 2.24. The first kappa shape index (κ1) is 16.1. The maximum absolute atomic E-state index is 12.6. The van der Waals surface area contributed by atoms with E-state index in [-0.39, 0.29) is 18.4 Å². The second-order valence-corrected chi connectivity index (χ2v) is 6.56. The highest BCUT2D eigenvalue weighted by atomic mass is 16.4. The van der Waals surface area contributed by atoms with E-state index >= 15 is 0 Å². The summed E-state index contributed by atoms with van der Waals surface area (Å²) in [6.45, 7) is 3.16. The molecule has 1 unspecified atom stereocenters. The smallest absolute Gasteiger partial charge is 0.320 e. The van der Waals surface area contributed by atoms with Gasteiger partial charge in [-0.2, -0.15) is 0 Å². The molecule has 0 saturated carbocycles. The zero-order chi connectivity index (χ0) is 15.4. The van der Waals surface area contributed by atoms with Crippen molar-refractivity contribution in [2.75, 3.05) is 40.3 Å². The summed E-state index contributed by atoms with van der Waals surface area (Å²) in [6, 6.07) is 0.470. The maximum atomic E-state index is 12.6. The Hall–Kier alpha value is -1.30. The van der Waals surface area contributed by atoms with Crippen LogP contribution in [0.5, 0.6) is 0 Å². The molecule has 0 radical (unpaired) electrons. The van der Waals surface area contributed by atoms with Crippen LogP contribution in [-0.2, 0) is 4.79 Å². The zero-order valence-electron chi connectivity index (χ0n) is 13.1. The van der Waals surface area contributed by atoms with Crippen LogP contribution in [-0.4, -0.2) is 78.1 Å². The van der Waals surface area contributed by atoms with Crippen LogP contribution in [0.15, 0.2) is 0 Å². The number of urea groups is 1. The van der Waals surface area contributed by atoms with E-state index in [1.54, 1.807) is 0 Å². The van der Waals surface area contributed by atoms with E-state index in [4.69, 9.17) is 5.11 Å². The van der Waals surface area contributed by atoms with Gasteiger partial charge in [0, 0.05) is 38.6 Å². The maximum Gasteiger partial charge on any atom is 0.320 e. The molecular weight excluding hydrogens is 270 g/mol. The largest absolute Gasteiger partial charge is 0.481 e. The van der Waals surface area contributed by atoms with Crippen molar-refractivity contribution in [3.63, 3.8) is 0 Å². The summed E-state index contributed by atoms with van der Waals surface area (Å²) in [5.41, 5.74) is 0. The third-order valence-electron chi connectivity index (χ3n) is 4.55. The Kier molecular flexibility index (Phi) is 5.45. The van der Waals surface area contributed by atoms with Gasteiger partial charge in [0.2, 0.25) is 0 Å². The molecule has 2 heterocycles. The molecule has 6 nitrogen and oxygen atoms in total. The molecule has 2 rings (SSSR count). The number of carboxylic acids is 1. The first-order chi connectivity index (χ1) is 9.97. The van der Waals surface area contributed by atoms with Crippen LogP contribution in [0.1, 0.15) is 32.1 Å². The summed E-state index contributed by atoms with van der Waals surface area (Å²) < 4.78 is 0. The van der Waals surface area contributed by atoms with Crippen LogP contribution in [0.4, 0.5) is 4.79 Å². The molecule has 2 fully saturated rings. The first-order valence-electron chi connectivity index (χ1n) is 7.89. The summed E-state index contributed by atoms with van der Waals surface area (Å²) in [5.74, 6) is -0.506. The number of aliphatic carboxylic acids is 1. The summed E-state index contributed by atoms with van der Waals surface area (Å²) in [7, 11) is 4.08. The first-order valence-corrected chi connectivity index (χ1v) is 7.89. The van der Waals surface area contributed by atoms with Crippen molar-refractivity contribution in [1.29, 1.82) is 0 Å². The summed E-state index contributed by atoms with van der Waals surface area (Å²) in [4.78, 5) is 29.4. The Bertz CT molecular complexity index is 378. The van der Waals surface area contributed by atoms with Crippen molar-refractivity contribution in [3.8, 4) is 0 Å². The van der Waals surface area contributed by atoms with Gasteiger partial charge in [0.05, 0.1) is 0 Å². The lowest BCUT2D eigenvalue weighted by Gasteiger charge is -2.36. The lowest BCUT2D eigenvalue weighted by Crippen LogP contribution is -2.50. The summed E-state index contributed by atoms with van der Waals surface area (Å²) in [5, 5.41) is 8.84. The van der Waals surface area contributed by atoms with Crippen molar-refractivity contribution in [2.45, 2.75) is 38.1 Å². The molecule has 0 spiro atoms. The quantitative estimate of drug-likeness (QED) is 0.850. The van der Waals surface area contributed by atoms with Gasteiger partial charge in [-0.05, 0) is 45.7 Å². The number of likely N-dealkylation sites (N-methyl/N-ethyl adjacent to an activating group) is 1. The molecular formula is C15H27N3O3. The predicted octanol–water partition coefficient (Wildman–Crippen LogP) is 1.32. The van der Waals surface area contributed by atoms with Gasteiger partial charge >= 0.3 is 12.0 Å². The molecule has 0 bridgehead atoms. The normalized spacial score (nSPS) is 23.9. The van der Waals surface area contributed by atoms with E-state index < -0.39 is 5.97 Å². The van der Waals surface area contributed by atoms with Crippen LogP contribution in [0.3, 0.4) is 0 Å². The number of amides is 2. The number of hydrogen-bond acceptors (Lipinski definition) is 3. The summed E-state index contributed by atoms with van der Waals surface area (Å²) in [6.07, 6.45) is 4.02. The molecule has 0 aliphatic carbocycles. The Labute approximate surface area is 126 Å². The van der Waals surface area contributed by atoms with Crippen molar-refractivity contribution < 1.29 is 14.7 Å². The van der Waals surface area contributed by atoms with Gasteiger partial charge in [-0.1, -0.05) is 0 Å². The van der Waals surface area contributed by atoms with Crippen LogP contribution in [0.2, 0.25) is 0 Å². The van der Waals surface area contributed by atoms with Crippen molar-refractivity contribution in [2.24, 2.45) is 5.92 Å². The number of likely N-dealkylation sites (tertiary alicyclic amines) is 2. The molecule has 2 aliphatic rings. The molecule has 2 amide bonds. The fourth-order valence-electron chi connectivity index (χ4n) is 3.46. The Morgan fingerprint density at radius 2 is 1.81 bits per heavy atom. The van der Waals surface area contributed by atoms with Crippen LogP contribution in [0, 0.1) is 5.92 Å². The molecule has 6 heteroatoms. The molecule has 0 aromatic heterocycles. The number of rotatable bonds is 4. The second kappa shape index (κ2) is 7.11. The molecule has 2 aliphatic heterocycles. The lowest BCUT2D eigenvalue weighted by molar-refractivity contribution is -0.138.